The molecule has 1 aliphatic rings. The largest absolute Gasteiger partial charge is 0.504 e. The summed E-state index contributed by atoms with van der Waals surface area (Å²) in [5.41, 5.74) is 6.73. The molecule has 82 valence electrons. The third-order valence-electron chi connectivity index (χ3n) is 3.49. The normalized spacial score (nSPS) is 18.3. The standard InChI is InChI=1S/C12H17NO2/c1-15-10-5-2-4-9(11(10)14)12(8-13)6-3-7-12/h2,4-5,14H,3,6-8,13H2,1H3. The third kappa shape index (κ3) is 1.47. The zero-order valence-corrected chi connectivity index (χ0v) is 8.99. The van der Waals surface area contributed by atoms with Crippen LogP contribution in [-0.4, -0.2) is 18.8 Å². The van der Waals surface area contributed by atoms with Crippen molar-refractivity contribution in [2.75, 3.05) is 13.7 Å². The topological polar surface area (TPSA) is 55.5 Å². The van der Waals surface area contributed by atoms with Crippen molar-refractivity contribution in [1.29, 1.82) is 0 Å². The van der Waals surface area contributed by atoms with Gasteiger partial charge in [0.05, 0.1) is 7.11 Å². The predicted octanol–water partition coefficient (Wildman–Crippen LogP) is 1.78. The summed E-state index contributed by atoms with van der Waals surface area (Å²) < 4.78 is 5.10. The summed E-state index contributed by atoms with van der Waals surface area (Å²) in [5.74, 6) is 0.789. The van der Waals surface area contributed by atoms with E-state index in [1.807, 2.05) is 12.1 Å². The summed E-state index contributed by atoms with van der Waals surface area (Å²) in [6, 6.07) is 5.62. The molecule has 0 unspecified atom stereocenters. The average Bonchev–Trinajstić information content (AvgIpc) is 2.20. The van der Waals surface area contributed by atoms with Gasteiger partial charge in [0.25, 0.3) is 0 Å². The number of aromatic hydroxyl groups is 1. The maximum absolute atomic E-state index is 10.0. The zero-order chi connectivity index (χ0) is 10.9. The van der Waals surface area contributed by atoms with E-state index < -0.39 is 0 Å². The molecule has 3 nitrogen and oxygen atoms in total. The lowest BCUT2D eigenvalue weighted by molar-refractivity contribution is 0.242. The molecule has 0 saturated heterocycles. The number of phenolic OH excluding ortho intramolecular Hbond substituents is 1. The molecule has 1 aromatic rings. The number of benzene rings is 1. The van der Waals surface area contributed by atoms with Crippen LogP contribution >= 0.6 is 0 Å². The van der Waals surface area contributed by atoms with Crippen molar-refractivity contribution in [3.63, 3.8) is 0 Å². The van der Waals surface area contributed by atoms with Crippen LogP contribution < -0.4 is 10.5 Å². The van der Waals surface area contributed by atoms with Gasteiger partial charge in [-0.2, -0.15) is 0 Å². The molecule has 1 saturated carbocycles. The first kappa shape index (κ1) is 10.3. The highest BCUT2D eigenvalue weighted by Crippen LogP contribution is 2.48. The van der Waals surface area contributed by atoms with Crippen LogP contribution in [0.1, 0.15) is 24.8 Å². The Balaban J connectivity index is 2.43. The molecule has 0 heterocycles. The Hall–Kier alpha value is -1.22. The van der Waals surface area contributed by atoms with Crippen LogP contribution in [0.4, 0.5) is 0 Å². The van der Waals surface area contributed by atoms with Crippen molar-refractivity contribution in [2.24, 2.45) is 5.73 Å². The fourth-order valence-electron chi connectivity index (χ4n) is 2.30. The van der Waals surface area contributed by atoms with Gasteiger partial charge < -0.3 is 15.6 Å². The number of methoxy groups -OCH3 is 1. The molecule has 3 heteroatoms. The molecule has 0 amide bonds. The van der Waals surface area contributed by atoms with Crippen LogP contribution in [0.5, 0.6) is 11.5 Å². The summed E-state index contributed by atoms with van der Waals surface area (Å²) >= 11 is 0. The van der Waals surface area contributed by atoms with Gasteiger partial charge in [0.1, 0.15) is 0 Å². The Morgan fingerprint density at radius 1 is 1.47 bits per heavy atom. The first-order valence-electron chi connectivity index (χ1n) is 5.30. The van der Waals surface area contributed by atoms with Crippen molar-refractivity contribution >= 4 is 0 Å². The number of ether oxygens (including phenoxy) is 1. The Morgan fingerprint density at radius 2 is 2.20 bits per heavy atom. The Kier molecular flexibility index (Phi) is 2.57. The van der Waals surface area contributed by atoms with E-state index in [1.54, 1.807) is 13.2 Å². The first-order chi connectivity index (χ1) is 7.23. The molecule has 0 spiro atoms. The maximum atomic E-state index is 10.0. The molecule has 0 bridgehead atoms. The van der Waals surface area contributed by atoms with Gasteiger partial charge >= 0.3 is 0 Å². The SMILES string of the molecule is COc1cccc(C2(CN)CCC2)c1O. The molecule has 0 atom stereocenters. The smallest absolute Gasteiger partial charge is 0.161 e. The summed E-state index contributed by atoms with van der Waals surface area (Å²) in [6.45, 7) is 0.591. The van der Waals surface area contributed by atoms with E-state index in [-0.39, 0.29) is 11.2 Å². The number of hydrogen-bond donors (Lipinski definition) is 2. The van der Waals surface area contributed by atoms with Crippen molar-refractivity contribution in [2.45, 2.75) is 24.7 Å². The molecule has 3 N–H and O–H groups in total. The van der Waals surface area contributed by atoms with E-state index in [4.69, 9.17) is 10.5 Å². The van der Waals surface area contributed by atoms with Crippen molar-refractivity contribution in [3.8, 4) is 11.5 Å². The van der Waals surface area contributed by atoms with Crippen molar-refractivity contribution in [3.05, 3.63) is 23.8 Å². The minimum Gasteiger partial charge on any atom is -0.504 e. The predicted molar refractivity (Wildman–Crippen MR) is 59.2 cm³/mol. The lowest BCUT2D eigenvalue weighted by atomic mass is 9.64. The van der Waals surface area contributed by atoms with E-state index in [0.29, 0.717) is 12.3 Å². The molecule has 15 heavy (non-hydrogen) atoms. The highest BCUT2D eigenvalue weighted by atomic mass is 16.5. The van der Waals surface area contributed by atoms with Gasteiger partial charge in [-0.25, -0.2) is 0 Å². The van der Waals surface area contributed by atoms with Crippen LogP contribution in [0.15, 0.2) is 18.2 Å². The maximum Gasteiger partial charge on any atom is 0.161 e. The fraction of sp³-hybridized carbons (Fsp3) is 0.500. The van der Waals surface area contributed by atoms with Gasteiger partial charge in [0.15, 0.2) is 11.5 Å². The van der Waals surface area contributed by atoms with E-state index >= 15 is 0 Å². The highest BCUT2D eigenvalue weighted by molar-refractivity contribution is 5.50. The second kappa shape index (κ2) is 3.74. The number of nitrogens with two attached hydrogens (primary N) is 1. The van der Waals surface area contributed by atoms with Crippen LogP contribution in [-0.2, 0) is 5.41 Å². The number of rotatable bonds is 3. The minimum atomic E-state index is -0.0153. The van der Waals surface area contributed by atoms with Crippen LogP contribution in [0.3, 0.4) is 0 Å². The monoisotopic (exact) mass is 207 g/mol. The molecule has 1 aromatic carbocycles. The lowest BCUT2D eigenvalue weighted by Gasteiger charge is -2.41. The molecule has 0 radical (unpaired) electrons. The summed E-state index contributed by atoms with van der Waals surface area (Å²) in [4.78, 5) is 0. The van der Waals surface area contributed by atoms with Gasteiger partial charge in [0, 0.05) is 17.5 Å². The van der Waals surface area contributed by atoms with E-state index in [1.165, 1.54) is 6.42 Å². The highest BCUT2D eigenvalue weighted by Gasteiger charge is 2.39. The third-order valence-corrected chi connectivity index (χ3v) is 3.49. The molecule has 1 fully saturated rings. The zero-order valence-electron chi connectivity index (χ0n) is 8.99. The Morgan fingerprint density at radius 3 is 2.67 bits per heavy atom. The second-order valence-corrected chi connectivity index (χ2v) is 4.19. The van der Waals surface area contributed by atoms with Gasteiger partial charge in [-0.3, -0.25) is 0 Å². The summed E-state index contributed by atoms with van der Waals surface area (Å²) in [7, 11) is 1.56. The van der Waals surface area contributed by atoms with Crippen LogP contribution in [0, 0.1) is 0 Å². The first-order valence-corrected chi connectivity index (χ1v) is 5.30. The lowest BCUT2D eigenvalue weighted by Crippen LogP contribution is -2.41. The van der Waals surface area contributed by atoms with Gasteiger partial charge in [-0.1, -0.05) is 18.6 Å². The average molecular weight is 207 g/mol. The second-order valence-electron chi connectivity index (χ2n) is 4.19. The van der Waals surface area contributed by atoms with Crippen LogP contribution in [0.2, 0.25) is 0 Å². The molecule has 0 aromatic heterocycles. The molecule has 1 aliphatic carbocycles. The van der Waals surface area contributed by atoms with Crippen molar-refractivity contribution < 1.29 is 9.84 Å². The summed E-state index contributed by atoms with van der Waals surface area (Å²) in [6.07, 6.45) is 3.31. The number of para-hydroxylation sites is 1. The quantitative estimate of drug-likeness (QED) is 0.794. The molecular weight excluding hydrogens is 190 g/mol. The van der Waals surface area contributed by atoms with E-state index in [9.17, 15) is 5.11 Å². The minimum absolute atomic E-state index is 0.0153. The Labute approximate surface area is 89.9 Å². The molecule has 0 aliphatic heterocycles. The van der Waals surface area contributed by atoms with E-state index in [0.717, 1.165) is 18.4 Å². The molecule has 2 rings (SSSR count). The Bertz CT molecular complexity index is 353. The van der Waals surface area contributed by atoms with Crippen molar-refractivity contribution in [1.82, 2.24) is 0 Å². The summed E-state index contributed by atoms with van der Waals surface area (Å²) in [5, 5.41) is 10.0. The molecular formula is C12H17NO2. The van der Waals surface area contributed by atoms with E-state index in [2.05, 4.69) is 0 Å². The number of phenols is 1. The van der Waals surface area contributed by atoms with Gasteiger partial charge in [-0.05, 0) is 18.9 Å². The van der Waals surface area contributed by atoms with Crippen LogP contribution in [0.25, 0.3) is 0 Å². The number of hydrogen-bond acceptors (Lipinski definition) is 3. The fourth-order valence-corrected chi connectivity index (χ4v) is 2.30. The van der Waals surface area contributed by atoms with Gasteiger partial charge in [-0.15, -0.1) is 0 Å². The van der Waals surface area contributed by atoms with Gasteiger partial charge in [0.2, 0.25) is 0 Å².